The first kappa shape index (κ1) is 15.2. The van der Waals surface area contributed by atoms with Crippen molar-refractivity contribution in [2.24, 2.45) is 0 Å². The summed E-state index contributed by atoms with van der Waals surface area (Å²) >= 11 is 2.46. The largest absolute Gasteiger partial charge is 0.374 e. The predicted octanol–water partition coefficient (Wildman–Crippen LogP) is 1.78. The van der Waals surface area contributed by atoms with Crippen molar-refractivity contribution in [3.63, 3.8) is 0 Å². The molecule has 0 spiro atoms. The third-order valence-electron chi connectivity index (χ3n) is 2.56. The zero-order valence-electron chi connectivity index (χ0n) is 10.9. The Morgan fingerprint density at radius 2 is 2.10 bits per heavy atom. The van der Waals surface area contributed by atoms with Gasteiger partial charge < -0.3 is 10.6 Å². The molecule has 0 aliphatic carbocycles. The lowest BCUT2D eigenvalue weighted by molar-refractivity contribution is -0.384. The summed E-state index contributed by atoms with van der Waals surface area (Å²) in [5, 5.41) is 18.4. The highest BCUT2D eigenvalue weighted by molar-refractivity contribution is 8.01. The molecule has 2 N–H and O–H groups in total. The first-order chi connectivity index (χ1) is 9.97. The molecule has 1 heterocycles. The number of nitrogens with zero attached hydrogens (tertiary/aromatic N) is 4. The van der Waals surface area contributed by atoms with Gasteiger partial charge in [0.15, 0.2) is 4.34 Å². The first-order valence-corrected chi connectivity index (χ1v) is 7.50. The van der Waals surface area contributed by atoms with E-state index < -0.39 is 4.92 Å². The summed E-state index contributed by atoms with van der Waals surface area (Å²) in [6.07, 6.45) is 0. The van der Waals surface area contributed by atoms with Crippen LogP contribution in [0, 0.1) is 10.1 Å². The van der Waals surface area contributed by atoms with Crippen LogP contribution in [0.3, 0.4) is 0 Å². The summed E-state index contributed by atoms with van der Waals surface area (Å²) < 4.78 is 0.623. The molecule has 10 heteroatoms. The highest BCUT2D eigenvalue weighted by Gasteiger charge is 2.14. The Labute approximate surface area is 128 Å². The molecule has 21 heavy (non-hydrogen) atoms. The number of benzene rings is 1. The summed E-state index contributed by atoms with van der Waals surface area (Å²) in [6.45, 7) is 0. The summed E-state index contributed by atoms with van der Waals surface area (Å²) in [6, 6.07) is 5.78. The molecule has 1 amide bonds. The van der Waals surface area contributed by atoms with Crippen molar-refractivity contribution in [2.45, 2.75) is 4.34 Å². The average Bonchev–Trinajstić information content (AvgIpc) is 2.89. The van der Waals surface area contributed by atoms with Gasteiger partial charge >= 0.3 is 0 Å². The van der Waals surface area contributed by atoms with Crippen LogP contribution >= 0.6 is 23.1 Å². The number of thioether (sulfide) groups is 1. The number of non-ortho nitro benzene ring substituents is 1. The van der Waals surface area contributed by atoms with Crippen LogP contribution < -0.4 is 10.6 Å². The molecular formula is C11H11N5O3S2. The van der Waals surface area contributed by atoms with E-state index in [0.29, 0.717) is 15.2 Å². The van der Waals surface area contributed by atoms with Crippen molar-refractivity contribution < 1.29 is 9.72 Å². The van der Waals surface area contributed by atoms with E-state index in [1.165, 1.54) is 52.3 Å². The molecule has 0 atom stereocenters. The minimum atomic E-state index is -0.485. The molecule has 2 rings (SSSR count). The Balaban J connectivity index is 1.96. The Morgan fingerprint density at radius 1 is 1.43 bits per heavy atom. The van der Waals surface area contributed by atoms with E-state index in [1.54, 1.807) is 7.05 Å². The van der Waals surface area contributed by atoms with Gasteiger partial charge in [0.05, 0.1) is 10.7 Å². The van der Waals surface area contributed by atoms with Gasteiger partial charge in [0.2, 0.25) is 11.0 Å². The smallest absolute Gasteiger partial charge is 0.269 e. The van der Waals surface area contributed by atoms with Crippen molar-refractivity contribution in [1.82, 2.24) is 10.2 Å². The maximum Gasteiger partial charge on any atom is 0.269 e. The fraction of sp³-hybridized carbons (Fsp3) is 0.182. The van der Waals surface area contributed by atoms with E-state index in [1.807, 2.05) is 0 Å². The standard InChI is InChI=1S/C11H11N5O3S2/c1-15(7-2-4-8(5-3-7)16(18)19)9(17)6-20-11-14-13-10(12)21-11/h2-5H,6H2,1H3,(H2,12,13). The third kappa shape index (κ3) is 3.89. The monoisotopic (exact) mass is 325 g/mol. The molecule has 8 nitrogen and oxygen atoms in total. The number of nitro groups is 1. The van der Waals surface area contributed by atoms with Gasteiger partial charge in [-0.2, -0.15) is 0 Å². The molecule has 0 aliphatic heterocycles. The molecule has 110 valence electrons. The first-order valence-electron chi connectivity index (χ1n) is 5.70. The van der Waals surface area contributed by atoms with Gasteiger partial charge in [-0.3, -0.25) is 14.9 Å². The van der Waals surface area contributed by atoms with E-state index in [4.69, 9.17) is 5.73 Å². The number of nitrogens with two attached hydrogens (primary N) is 1. The Hall–Kier alpha value is -2.20. The molecule has 0 radical (unpaired) electrons. The minimum absolute atomic E-state index is 0.0155. The van der Waals surface area contributed by atoms with Crippen molar-refractivity contribution in [3.05, 3.63) is 34.4 Å². The summed E-state index contributed by atoms with van der Waals surface area (Å²) in [7, 11) is 1.61. The minimum Gasteiger partial charge on any atom is -0.374 e. The van der Waals surface area contributed by atoms with Gasteiger partial charge in [-0.1, -0.05) is 23.1 Å². The third-order valence-corrected chi connectivity index (χ3v) is 4.43. The van der Waals surface area contributed by atoms with Crippen molar-refractivity contribution >= 4 is 45.5 Å². The second-order valence-electron chi connectivity index (χ2n) is 3.92. The Morgan fingerprint density at radius 3 is 2.62 bits per heavy atom. The maximum atomic E-state index is 12.0. The topological polar surface area (TPSA) is 115 Å². The summed E-state index contributed by atoms with van der Waals surface area (Å²) in [5.74, 6) is 0.0323. The average molecular weight is 325 g/mol. The second kappa shape index (κ2) is 6.50. The molecule has 0 bridgehead atoms. The van der Waals surface area contributed by atoms with Crippen LogP contribution in [0.1, 0.15) is 0 Å². The molecule has 0 fully saturated rings. The van der Waals surface area contributed by atoms with Crippen LogP contribution in [-0.2, 0) is 4.79 Å². The quantitative estimate of drug-likeness (QED) is 0.506. The van der Waals surface area contributed by atoms with E-state index in [-0.39, 0.29) is 17.3 Å². The van der Waals surface area contributed by atoms with Crippen LogP contribution in [0.2, 0.25) is 0 Å². The number of rotatable bonds is 5. The van der Waals surface area contributed by atoms with Crippen LogP contribution in [0.5, 0.6) is 0 Å². The molecular weight excluding hydrogens is 314 g/mol. The van der Waals surface area contributed by atoms with Crippen molar-refractivity contribution in [1.29, 1.82) is 0 Å². The zero-order valence-corrected chi connectivity index (χ0v) is 12.6. The number of aromatic nitrogens is 2. The second-order valence-corrected chi connectivity index (χ2v) is 6.15. The van der Waals surface area contributed by atoms with Gasteiger partial charge in [0.1, 0.15) is 0 Å². The molecule has 1 aromatic carbocycles. The van der Waals surface area contributed by atoms with Gasteiger partial charge in [-0.15, -0.1) is 10.2 Å². The fourth-order valence-electron chi connectivity index (χ4n) is 1.44. The lowest BCUT2D eigenvalue weighted by Crippen LogP contribution is -2.27. The van der Waals surface area contributed by atoms with Crippen LogP contribution in [0.4, 0.5) is 16.5 Å². The van der Waals surface area contributed by atoms with Gasteiger partial charge in [-0.05, 0) is 12.1 Å². The number of anilines is 2. The van der Waals surface area contributed by atoms with Crippen LogP contribution in [-0.4, -0.2) is 33.8 Å². The van der Waals surface area contributed by atoms with Crippen LogP contribution in [0.15, 0.2) is 28.6 Å². The number of nitro benzene ring substituents is 1. The Kier molecular flexibility index (Phi) is 4.70. The van der Waals surface area contributed by atoms with E-state index in [9.17, 15) is 14.9 Å². The summed E-state index contributed by atoms with van der Waals surface area (Å²) in [5.41, 5.74) is 6.03. The summed E-state index contributed by atoms with van der Waals surface area (Å²) in [4.78, 5) is 23.6. The number of nitrogen functional groups attached to an aromatic ring is 1. The van der Waals surface area contributed by atoms with Gasteiger partial charge in [0, 0.05) is 24.9 Å². The molecule has 0 unspecified atom stereocenters. The number of carbonyl (C=O) groups excluding carboxylic acids is 1. The molecule has 0 aliphatic rings. The van der Waals surface area contributed by atoms with Crippen LogP contribution in [0.25, 0.3) is 0 Å². The Bertz CT molecular complexity index is 658. The number of amides is 1. The highest BCUT2D eigenvalue weighted by Crippen LogP contribution is 2.25. The molecule has 0 saturated carbocycles. The van der Waals surface area contributed by atoms with Gasteiger partial charge in [-0.25, -0.2) is 0 Å². The highest BCUT2D eigenvalue weighted by atomic mass is 32.2. The molecule has 1 aromatic heterocycles. The maximum absolute atomic E-state index is 12.0. The lowest BCUT2D eigenvalue weighted by Gasteiger charge is -2.16. The van der Waals surface area contributed by atoms with E-state index in [0.717, 1.165) is 0 Å². The number of hydrogen-bond acceptors (Lipinski definition) is 8. The fourth-order valence-corrected chi connectivity index (χ4v) is 2.99. The van der Waals surface area contributed by atoms with Crippen molar-refractivity contribution in [3.8, 4) is 0 Å². The number of hydrogen-bond donors (Lipinski definition) is 1. The van der Waals surface area contributed by atoms with E-state index in [2.05, 4.69) is 10.2 Å². The van der Waals surface area contributed by atoms with Gasteiger partial charge in [0.25, 0.3) is 5.69 Å². The SMILES string of the molecule is CN(C(=O)CSc1nnc(N)s1)c1ccc([N+](=O)[O-])cc1. The predicted molar refractivity (Wildman–Crippen MR) is 81.6 cm³/mol. The molecule has 0 saturated heterocycles. The lowest BCUT2D eigenvalue weighted by atomic mass is 10.2. The van der Waals surface area contributed by atoms with Crippen molar-refractivity contribution in [2.75, 3.05) is 23.4 Å². The normalized spacial score (nSPS) is 10.3. The number of carbonyl (C=O) groups is 1. The zero-order chi connectivity index (χ0) is 15.4. The van der Waals surface area contributed by atoms with E-state index >= 15 is 0 Å². The molecule has 2 aromatic rings.